The number of hydrogen-bond donors (Lipinski definition) is 2. The Hall–Kier alpha value is -4.25. The summed E-state index contributed by atoms with van der Waals surface area (Å²) in [6, 6.07) is 15.1. The van der Waals surface area contributed by atoms with E-state index in [1.54, 1.807) is 0 Å². The maximum Gasteiger partial charge on any atom is 0.357 e. The molecular weight excluding hydrogens is 374 g/mol. The van der Waals surface area contributed by atoms with Gasteiger partial charge in [-0.15, -0.1) is 0 Å². The molecule has 1 aromatic heterocycles. The van der Waals surface area contributed by atoms with Gasteiger partial charge in [0.1, 0.15) is 24.0 Å². The van der Waals surface area contributed by atoms with Crippen LogP contribution in [0.5, 0.6) is 5.75 Å². The lowest BCUT2D eigenvalue weighted by Crippen LogP contribution is -2.11. The van der Waals surface area contributed by atoms with E-state index in [2.05, 4.69) is 0 Å². The van der Waals surface area contributed by atoms with Gasteiger partial charge in [0.2, 0.25) is 0 Å². The lowest BCUT2D eigenvalue weighted by molar-refractivity contribution is 0.0468. The average Bonchev–Trinajstić information content (AvgIpc) is 3.08. The van der Waals surface area contributed by atoms with Crippen LogP contribution in [-0.4, -0.2) is 28.7 Å². The molecule has 1 heterocycles. The van der Waals surface area contributed by atoms with Crippen molar-refractivity contribution in [1.29, 1.82) is 5.26 Å². The molecule has 29 heavy (non-hydrogen) atoms. The molecule has 3 aromatic rings. The van der Waals surface area contributed by atoms with Crippen LogP contribution in [-0.2, 0) is 16.1 Å². The third-order valence-electron chi connectivity index (χ3n) is 4.24. The van der Waals surface area contributed by atoms with Gasteiger partial charge < -0.3 is 24.9 Å². The number of hydrogen-bond acceptors (Lipinski definition) is 7. The maximum atomic E-state index is 12.3. The van der Waals surface area contributed by atoms with Gasteiger partial charge in [0.25, 0.3) is 0 Å². The Kier molecular flexibility index (Phi) is 5.51. The number of aromatic hydroxyl groups is 1. The Labute approximate surface area is 166 Å². The number of phenols is 1. The first kappa shape index (κ1) is 19.5. The molecule has 3 N–H and O–H groups in total. The van der Waals surface area contributed by atoms with Crippen molar-refractivity contribution in [2.45, 2.75) is 6.61 Å². The summed E-state index contributed by atoms with van der Waals surface area (Å²) in [5.41, 5.74) is 6.94. The van der Waals surface area contributed by atoms with Crippen LogP contribution in [0, 0.1) is 11.3 Å². The van der Waals surface area contributed by atoms with E-state index >= 15 is 0 Å². The highest BCUT2D eigenvalue weighted by atomic mass is 16.5. The number of phenolic OH excluding ortho intramolecular Hbond substituents is 1. The largest absolute Gasteiger partial charge is 0.507 e. The van der Waals surface area contributed by atoms with Crippen LogP contribution < -0.4 is 5.73 Å². The van der Waals surface area contributed by atoms with E-state index < -0.39 is 11.9 Å². The first-order valence-electron chi connectivity index (χ1n) is 8.50. The van der Waals surface area contributed by atoms with Crippen LogP contribution in [0.2, 0.25) is 0 Å². The van der Waals surface area contributed by atoms with Crippen LogP contribution in [0.3, 0.4) is 0 Å². The number of methoxy groups -OCH3 is 1. The molecule has 0 atom stereocenters. The number of anilines is 1. The maximum absolute atomic E-state index is 12.3. The number of carbonyl (C=O) groups excluding carboxylic acids is 2. The predicted octanol–water partition coefficient (Wildman–Crippen LogP) is 2.78. The van der Waals surface area contributed by atoms with Crippen molar-refractivity contribution in [3.05, 3.63) is 77.1 Å². The quantitative estimate of drug-likeness (QED) is 0.640. The summed E-state index contributed by atoms with van der Waals surface area (Å²) < 4.78 is 11.3. The van der Waals surface area contributed by atoms with Crippen LogP contribution in [0.4, 0.5) is 5.69 Å². The van der Waals surface area contributed by atoms with Gasteiger partial charge in [0.15, 0.2) is 5.69 Å². The van der Waals surface area contributed by atoms with Crippen molar-refractivity contribution in [1.82, 2.24) is 4.57 Å². The van der Waals surface area contributed by atoms with Gasteiger partial charge in [-0.1, -0.05) is 30.3 Å². The minimum atomic E-state index is -0.741. The van der Waals surface area contributed by atoms with Crippen molar-refractivity contribution >= 4 is 17.6 Å². The molecule has 0 fully saturated rings. The molecular formula is C21H17N3O5. The zero-order valence-electron chi connectivity index (χ0n) is 15.5. The third-order valence-corrected chi connectivity index (χ3v) is 4.24. The molecule has 0 bridgehead atoms. The van der Waals surface area contributed by atoms with Crippen molar-refractivity contribution in [2.24, 2.45) is 0 Å². The second-order valence-electron chi connectivity index (χ2n) is 6.04. The monoisotopic (exact) mass is 391 g/mol. The molecule has 0 radical (unpaired) electrons. The minimum Gasteiger partial charge on any atom is -0.507 e. The van der Waals surface area contributed by atoms with Gasteiger partial charge in [-0.2, -0.15) is 5.26 Å². The Morgan fingerprint density at radius 1 is 1.17 bits per heavy atom. The third kappa shape index (κ3) is 3.89. The summed E-state index contributed by atoms with van der Waals surface area (Å²) in [6.45, 7) is 0.0625. The first-order chi connectivity index (χ1) is 14.0. The molecule has 0 aliphatic rings. The zero-order chi connectivity index (χ0) is 21.0. The van der Waals surface area contributed by atoms with E-state index in [9.17, 15) is 20.0 Å². The summed E-state index contributed by atoms with van der Waals surface area (Å²) >= 11 is 0. The summed E-state index contributed by atoms with van der Waals surface area (Å²) in [4.78, 5) is 24.4. The molecule has 0 aliphatic carbocycles. The van der Waals surface area contributed by atoms with E-state index in [0.29, 0.717) is 5.69 Å². The summed E-state index contributed by atoms with van der Waals surface area (Å²) in [5.74, 6) is -1.78. The fourth-order valence-corrected chi connectivity index (χ4v) is 2.76. The van der Waals surface area contributed by atoms with Crippen LogP contribution in [0.1, 0.15) is 32.0 Å². The lowest BCUT2D eigenvalue weighted by atomic mass is 10.1. The fraction of sp³-hybridized carbons (Fsp3) is 0.0952. The predicted molar refractivity (Wildman–Crippen MR) is 103 cm³/mol. The molecule has 8 nitrogen and oxygen atoms in total. The van der Waals surface area contributed by atoms with Gasteiger partial charge >= 0.3 is 11.9 Å². The molecule has 2 aromatic carbocycles. The lowest BCUT2D eigenvalue weighted by Gasteiger charge is -2.11. The SMILES string of the molecule is COC(=O)c1c(N)c(C#N)cn1-c1ccc(C(=O)OCc2ccccc2)c(O)c1. The smallest absolute Gasteiger partial charge is 0.357 e. The van der Waals surface area contributed by atoms with Gasteiger partial charge in [0.05, 0.1) is 18.4 Å². The topological polar surface area (TPSA) is 128 Å². The Balaban J connectivity index is 1.89. The highest BCUT2D eigenvalue weighted by Gasteiger charge is 2.23. The van der Waals surface area contributed by atoms with E-state index in [1.165, 1.54) is 36.1 Å². The van der Waals surface area contributed by atoms with E-state index in [0.717, 1.165) is 5.56 Å². The van der Waals surface area contributed by atoms with Gasteiger partial charge in [-0.3, -0.25) is 0 Å². The molecule has 0 spiro atoms. The number of nitrogens with zero attached hydrogens (tertiary/aromatic N) is 2. The van der Waals surface area contributed by atoms with Crippen molar-refractivity contribution in [3.8, 4) is 17.5 Å². The fourth-order valence-electron chi connectivity index (χ4n) is 2.76. The average molecular weight is 391 g/mol. The van der Waals surface area contributed by atoms with Crippen molar-refractivity contribution < 1.29 is 24.2 Å². The van der Waals surface area contributed by atoms with Crippen molar-refractivity contribution in [3.63, 3.8) is 0 Å². The molecule has 3 rings (SSSR count). The zero-order valence-corrected chi connectivity index (χ0v) is 15.5. The summed E-state index contributed by atoms with van der Waals surface area (Å²) in [5, 5.41) is 19.5. The number of carbonyl (C=O) groups is 2. The number of rotatable bonds is 5. The van der Waals surface area contributed by atoms with Gasteiger partial charge in [-0.05, 0) is 17.7 Å². The van der Waals surface area contributed by atoms with Crippen LogP contribution >= 0.6 is 0 Å². The molecule has 0 aliphatic heterocycles. The summed E-state index contributed by atoms with van der Waals surface area (Å²) in [6.07, 6.45) is 1.35. The number of aromatic nitrogens is 1. The van der Waals surface area contributed by atoms with E-state index in [1.807, 2.05) is 36.4 Å². The number of nitriles is 1. The Morgan fingerprint density at radius 2 is 1.90 bits per heavy atom. The number of nitrogens with two attached hydrogens (primary N) is 1. The minimum absolute atomic E-state index is 0.0369. The van der Waals surface area contributed by atoms with Crippen molar-refractivity contribution in [2.75, 3.05) is 12.8 Å². The first-order valence-corrected chi connectivity index (χ1v) is 8.50. The standard InChI is InChI=1S/C21H17N3O5/c1-28-21(27)19-18(23)14(10-22)11-24(19)15-7-8-16(17(25)9-15)20(26)29-12-13-5-3-2-4-6-13/h2-9,11,25H,12,23H2,1H3. The molecule has 8 heteroatoms. The molecule has 0 saturated heterocycles. The number of esters is 2. The summed E-state index contributed by atoms with van der Waals surface area (Å²) in [7, 11) is 1.19. The van der Waals surface area contributed by atoms with Crippen LogP contribution in [0.15, 0.2) is 54.7 Å². The Morgan fingerprint density at radius 3 is 2.52 bits per heavy atom. The van der Waals surface area contributed by atoms with Crippen LogP contribution in [0.25, 0.3) is 5.69 Å². The van der Waals surface area contributed by atoms with E-state index in [-0.39, 0.29) is 34.9 Å². The molecule has 0 amide bonds. The Bertz CT molecular complexity index is 1110. The number of benzene rings is 2. The number of nitrogen functional groups attached to an aromatic ring is 1. The molecule has 0 saturated carbocycles. The molecule has 146 valence electrons. The normalized spacial score (nSPS) is 10.2. The van der Waals surface area contributed by atoms with Gasteiger partial charge in [0, 0.05) is 18.0 Å². The second-order valence-corrected chi connectivity index (χ2v) is 6.04. The number of ether oxygens (including phenoxy) is 2. The van der Waals surface area contributed by atoms with Gasteiger partial charge in [-0.25, -0.2) is 9.59 Å². The van der Waals surface area contributed by atoms with E-state index in [4.69, 9.17) is 15.2 Å². The second kappa shape index (κ2) is 8.19. The highest BCUT2D eigenvalue weighted by Crippen LogP contribution is 2.28. The molecule has 0 unspecified atom stereocenters. The highest BCUT2D eigenvalue weighted by molar-refractivity contribution is 5.96.